The van der Waals surface area contributed by atoms with Gasteiger partial charge in [0.05, 0.1) is 0 Å². The molecule has 1 heterocycles. The van der Waals surface area contributed by atoms with Crippen molar-refractivity contribution in [3.05, 3.63) is 39.9 Å². The Balaban J connectivity index is 2.10. The van der Waals surface area contributed by atoms with Crippen LogP contribution in [0.4, 0.5) is 4.39 Å². The number of nitrogens with two attached hydrogens (primary N) is 1. The molecule has 0 aliphatic rings. The molecule has 19 heavy (non-hydrogen) atoms. The number of halogens is 2. The van der Waals surface area contributed by atoms with E-state index in [0.29, 0.717) is 18.8 Å². The molecule has 1 aromatic heterocycles. The molecule has 0 spiro atoms. The fourth-order valence-electron chi connectivity index (χ4n) is 1.70. The second-order valence-corrected chi connectivity index (χ2v) is 5.89. The van der Waals surface area contributed by atoms with E-state index in [-0.39, 0.29) is 5.82 Å². The van der Waals surface area contributed by atoms with Crippen molar-refractivity contribution in [3.63, 3.8) is 0 Å². The second-order valence-electron chi connectivity index (χ2n) is 4.04. The van der Waals surface area contributed by atoms with Gasteiger partial charge >= 0.3 is 0 Å². The van der Waals surface area contributed by atoms with Crippen LogP contribution in [0.1, 0.15) is 11.4 Å². The van der Waals surface area contributed by atoms with Crippen molar-refractivity contribution >= 4 is 27.7 Å². The molecule has 0 unspecified atom stereocenters. The van der Waals surface area contributed by atoms with Gasteiger partial charge in [0.2, 0.25) is 0 Å². The van der Waals surface area contributed by atoms with Gasteiger partial charge in [-0.2, -0.15) is 0 Å². The van der Waals surface area contributed by atoms with Gasteiger partial charge in [0, 0.05) is 23.3 Å². The van der Waals surface area contributed by atoms with Gasteiger partial charge in [-0.1, -0.05) is 27.7 Å². The Labute approximate surface area is 123 Å². The van der Waals surface area contributed by atoms with Crippen molar-refractivity contribution in [2.75, 3.05) is 6.54 Å². The van der Waals surface area contributed by atoms with Crippen molar-refractivity contribution < 1.29 is 4.39 Å². The number of hydrogen-bond acceptors (Lipinski definition) is 4. The molecule has 0 saturated carbocycles. The van der Waals surface area contributed by atoms with E-state index in [1.54, 1.807) is 0 Å². The molecule has 0 amide bonds. The van der Waals surface area contributed by atoms with Crippen LogP contribution >= 0.6 is 27.7 Å². The topological polar surface area (TPSA) is 56.7 Å². The van der Waals surface area contributed by atoms with Gasteiger partial charge in [-0.25, -0.2) is 4.39 Å². The van der Waals surface area contributed by atoms with Gasteiger partial charge in [0.25, 0.3) is 0 Å². The number of thioether (sulfide) groups is 1. The molecular weight excluding hydrogens is 331 g/mol. The Morgan fingerprint density at radius 2 is 2.16 bits per heavy atom. The third kappa shape index (κ3) is 3.77. The second kappa shape index (κ2) is 6.49. The highest BCUT2D eigenvalue weighted by Gasteiger charge is 2.09. The van der Waals surface area contributed by atoms with Crippen LogP contribution in [0.2, 0.25) is 0 Å². The van der Waals surface area contributed by atoms with Crippen LogP contribution in [-0.2, 0) is 12.3 Å². The van der Waals surface area contributed by atoms with Crippen molar-refractivity contribution in [1.29, 1.82) is 0 Å². The average Bonchev–Trinajstić information content (AvgIpc) is 2.68. The monoisotopic (exact) mass is 344 g/mol. The lowest BCUT2D eigenvalue weighted by molar-refractivity contribution is 0.624. The summed E-state index contributed by atoms with van der Waals surface area (Å²) in [6.45, 7) is 3.12. The average molecular weight is 345 g/mol. The minimum Gasteiger partial charge on any atom is -0.329 e. The van der Waals surface area contributed by atoms with Crippen molar-refractivity contribution in [2.24, 2.45) is 5.73 Å². The minimum absolute atomic E-state index is 0.246. The fourth-order valence-corrected chi connectivity index (χ4v) is 3.15. The molecule has 0 aliphatic carbocycles. The highest BCUT2D eigenvalue weighted by atomic mass is 79.9. The molecule has 0 fully saturated rings. The molecule has 102 valence electrons. The van der Waals surface area contributed by atoms with Gasteiger partial charge in [-0.15, -0.1) is 10.2 Å². The number of hydrogen-bond donors (Lipinski definition) is 1. The van der Waals surface area contributed by atoms with Gasteiger partial charge in [0.1, 0.15) is 11.6 Å². The predicted octanol–water partition coefficient (Wildman–Crippen LogP) is 2.74. The van der Waals surface area contributed by atoms with Gasteiger partial charge in [0.15, 0.2) is 5.16 Å². The molecule has 2 rings (SSSR count). The molecule has 4 nitrogen and oxygen atoms in total. The maximum atomic E-state index is 13.3. The van der Waals surface area contributed by atoms with E-state index >= 15 is 0 Å². The van der Waals surface area contributed by atoms with E-state index in [4.69, 9.17) is 5.73 Å². The summed E-state index contributed by atoms with van der Waals surface area (Å²) in [6, 6.07) is 4.86. The summed E-state index contributed by atoms with van der Waals surface area (Å²) in [4.78, 5) is 0. The maximum absolute atomic E-state index is 13.3. The standard InChI is InChI=1S/C12H14BrFN4S/c1-8-16-17-12(18(8)3-2-15)19-7-9-4-10(13)6-11(14)5-9/h4-6H,2-3,7,15H2,1H3. The Bertz CT molecular complexity index is 553. The summed E-state index contributed by atoms with van der Waals surface area (Å²) in [5, 5.41) is 8.95. The Kier molecular flexibility index (Phi) is 4.95. The predicted molar refractivity (Wildman–Crippen MR) is 77.5 cm³/mol. The molecule has 0 aliphatic heterocycles. The van der Waals surface area contributed by atoms with Crippen LogP contribution in [0.5, 0.6) is 0 Å². The summed E-state index contributed by atoms with van der Waals surface area (Å²) in [6.07, 6.45) is 0. The summed E-state index contributed by atoms with van der Waals surface area (Å²) in [7, 11) is 0. The van der Waals surface area contributed by atoms with E-state index < -0.39 is 0 Å². The molecule has 2 N–H and O–H groups in total. The molecule has 1 aromatic carbocycles. The van der Waals surface area contributed by atoms with Gasteiger partial charge in [-0.3, -0.25) is 0 Å². The molecule has 0 saturated heterocycles. The van der Waals surface area contributed by atoms with Crippen molar-refractivity contribution in [2.45, 2.75) is 24.4 Å². The van der Waals surface area contributed by atoms with Crippen molar-refractivity contribution in [3.8, 4) is 0 Å². The van der Waals surface area contributed by atoms with Gasteiger partial charge in [-0.05, 0) is 30.7 Å². The Hall–Kier alpha value is -0.920. The number of benzene rings is 1. The molecule has 0 bridgehead atoms. The van der Waals surface area contributed by atoms with Crippen molar-refractivity contribution in [1.82, 2.24) is 14.8 Å². The zero-order chi connectivity index (χ0) is 13.8. The van der Waals surface area contributed by atoms with E-state index in [1.165, 1.54) is 23.9 Å². The Morgan fingerprint density at radius 3 is 2.84 bits per heavy atom. The molecule has 7 heteroatoms. The minimum atomic E-state index is -0.246. The molecule has 0 atom stereocenters. The quantitative estimate of drug-likeness (QED) is 0.847. The summed E-state index contributed by atoms with van der Waals surface area (Å²) in [5.74, 6) is 1.23. The van der Waals surface area contributed by atoms with E-state index in [9.17, 15) is 4.39 Å². The number of nitrogens with zero attached hydrogens (tertiary/aromatic N) is 3. The molecule has 0 radical (unpaired) electrons. The van der Waals surface area contributed by atoms with Crippen LogP contribution < -0.4 is 5.73 Å². The Morgan fingerprint density at radius 1 is 1.37 bits per heavy atom. The lowest BCUT2D eigenvalue weighted by atomic mass is 10.2. The van der Waals surface area contributed by atoms with Crippen LogP contribution in [-0.4, -0.2) is 21.3 Å². The van der Waals surface area contributed by atoms with Crippen LogP contribution in [0, 0.1) is 12.7 Å². The first-order chi connectivity index (χ1) is 9.10. The first-order valence-corrected chi connectivity index (χ1v) is 7.55. The van der Waals surface area contributed by atoms with E-state index in [1.807, 2.05) is 17.6 Å². The highest BCUT2D eigenvalue weighted by molar-refractivity contribution is 9.10. The van der Waals surface area contributed by atoms with E-state index in [0.717, 1.165) is 21.0 Å². The number of aromatic nitrogens is 3. The zero-order valence-electron chi connectivity index (χ0n) is 10.4. The summed E-state index contributed by atoms with van der Waals surface area (Å²) >= 11 is 4.81. The third-order valence-electron chi connectivity index (χ3n) is 2.54. The molecule has 2 aromatic rings. The van der Waals surface area contributed by atoms with E-state index in [2.05, 4.69) is 26.1 Å². The molecular formula is C12H14BrFN4S. The lowest BCUT2D eigenvalue weighted by Gasteiger charge is -2.06. The zero-order valence-corrected chi connectivity index (χ0v) is 12.8. The fraction of sp³-hybridized carbons (Fsp3) is 0.333. The normalized spacial score (nSPS) is 10.9. The van der Waals surface area contributed by atoms with Crippen LogP contribution in [0.15, 0.2) is 27.8 Å². The largest absolute Gasteiger partial charge is 0.329 e. The first kappa shape index (κ1) is 14.5. The first-order valence-electron chi connectivity index (χ1n) is 5.78. The lowest BCUT2D eigenvalue weighted by Crippen LogP contribution is -2.12. The van der Waals surface area contributed by atoms with Crippen LogP contribution in [0.25, 0.3) is 0 Å². The number of aryl methyl sites for hydroxylation is 1. The highest BCUT2D eigenvalue weighted by Crippen LogP contribution is 2.24. The summed E-state index contributed by atoms with van der Waals surface area (Å²) in [5.41, 5.74) is 6.46. The van der Waals surface area contributed by atoms with Crippen LogP contribution in [0.3, 0.4) is 0 Å². The maximum Gasteiger partial charge on any atom is 0.191 e. The SMILES string of the molecule is Cc1nnc(SCc2cc(F)cc(Br)c2)n1CCN. The van der Waals surface area contributed by atoms with Gasteiger partial charge < -0.3 is 10.3 Å². The third-order valence-corrected chi connectivity index (χ3v) is 4.04. The number of rotatable bonds is 5. The summed E-state index contributed by atoms with van der Waals surface area (Å²) < 4.78 is 16.0. The smallest absolute Gasteiger partial charge is 0.191 e.